The zero-order valence-electron chi connectivity index (χ0n) is 15.2. The van der Waals surface area contributed by atoms with E-state index in [0.717, 1.165) is 6.42 Å². The predicted octanol–water partition coefficient (Wildman–Crippen LogP) is 3.02. The van der Waals surface area contributed by atoms with Gasteiger partial charge in [0.15, 0.2) is 12.9 Å². The quantitative estimate of drug-likeness (QED) is 0.308. The van der Waals surface area contributed by atoms with Crippen molar-refractivity contribution in [3.05, 3.63) is 58.1 Å². The summed E-state index contributed by atoms with van der Waals surface area (Å²) in [4.78, 5) is 22.8. The number of hydrogen-bond acceptors (Lipinski definition) is 8. The molecule has 0 radical (unpaired) electrons. The summed E-state index contributed by atoms with van der Waals surface area (Å²) in [6.07, 6.45) is 0.0929. The highest BCUT2D eigenvalue weighted by Crippen LogP contribution is 2.33. The van der Waals surface area contributed by atoms with Crippen LogP contribution in [-0.2, 0) is 14.3 Å². The number of rotatable bonds is 7. The zero-order chi connectivity index (χ0) is 19.9. The van der Waals surface area contributed by atoms with Crippen LogP contribution in [0.25, 0.3) is 0 Å². The summed E-state index contributed by atoms with van der Waals surface area (Å²) >= 11 is 0. The number of methoxy groups -OCH3 is 1. The highest BCUT2D eigenvalue weighted by Gasteiger charge is 2.24. The Morgan fingerprint density at radius 1 is 1.18 bits per heavy atom. The first-order valence-corrected chi connectivity index (χ1v) is 8.56. The number of nitro benzene ring substituents is 1. The maximum Gasteiger partial charge on any atom is 0.349 e. The molecule has 9 heteroatoms. The average Bonchev–Trinajstić information content (AvgIpc) is 2.73. The van der Waals surface area contributed by atoms with Crippen LogP contribution in [-0.4, -0.2) is 37.8 Å². The second-order valence-electron chi connectivity index (χ2n) is 5.85. The summed E-state index contributed by atoms with van der Waals surface area (Å²) in [5.74, 6) is 0.0321. The highest BCUT2D eigenvalue weighted by atomic mass is 16.7. The number of carbonyl (C=O) groups is 1. The van der Waals surface area contributed by atoms with Gasteiger partial charge in [0.1, 0.15) is 11.5 Å². The Balaban J connectivity index is 1.66. The van der Waals surface area contributed by atoms with Gasteiger partial charge in [0, 0.05) is 17.7 Å². The fourth-order valence-electron chi connectivity index (χ4n) is 2.58. The van der Waals surface area contributed by atoms with Crippen molar-refractivity contribution >= 4 is 11.7 Å². The van der Waals surface area contributed by atoms with Crippen molar-refractivity contribution in [1.82, 2.24) is 0 Å². The normalized spacial score (nSPS) is 14.3. The van der Waals surface area contributed by atoms with Crippen molar-refractivity contribution in [2.75, 3.05) is 26.9 Å². The van der Waals surface area contributed by atoms with E-state index in [1.165, 1.54) is 19.2 Å². The summed E-state index contributed by atoms with van der Waals surface area (Å²) in [5.41, 5.74) is 0.129. The molecule has 0 spiro atoms. The third-order valence-electron chi connectivity index (χ3n) is 3.90. The van der Waals surface area contributed by atoms with Crippen LogP contribution in [0.5, 0.6) is 17.2 Å². The Bertz CT molecular complexity index is 848. The molecule has 148 valence electrons. The van der Waals surface area contributed by atoms with Gasteiger partial charge in [-0.3, -0.25) is 10.1 Å². The minimum atomic E-state index is -0.774. The Kier molecular flexibility index (Phi) is 6.41. The molecule has 0 bridgehead atoms. The van der Waals surface area contributed by atoms with Gasteiger partial charge >= 0.3 is 11.7 Å². The van der Waals surface area contributed by atoms with Gasteiger partial charge in [-0.15, -0.1) is 0 Å². The van der Waals surface area contributed by atoms with Gasteiger partial charge in [0.2, 0.25) is 5.75 Å². The second-order valence-corrected chi connectivity index (χ2v) is 5.85. The Morgan fingerprint density at radius 3 is 2.64 bits per heavy atom. The molecule has 1 fully saturated rings. The van der Waals surface area contributed by atoms with Gasteiger partial charge in [-0.2, -0.15) is 0 Å². The van der Waals surface area contributed by atoms with Gasteiger partial charge in [0.25, 0.3) is 0 Å². The van der Waals surface area contributed by atoms with Crippen molar-refractivity contribution in [3.8, 4) is 17.2 Å². The molecule has 1 aliphatic rings. The molecule has 0 amide bonds. The largest absolute Gasteiger partial charge is 0.497 e. The molecular weight excluding hydrogens is 370 g/mol. The topological polar surface area (TPSA) is 106 Å². The van der Waals surface area contributed by atoms with Crippen LogP contribution in [0.2, 0.25) is 0 Å². The summed E-state index contributed by atoms with van der Waals surface area (Å²) in [7, 11) is 1.51. The van der Waals surface area contributed by atoms with E-state index in [4.69, 9.17) is 23.7 Å². The molecule has 2 aromatic rings. The third-order valence-corrected chi connectivity index (χ3v) is 3.90. The Hall–Kier alpha value is -3.17. The van der Waals surface area contributed by atoms with Crippen molar-refractivity contribution in [1.29, 1.82) is 0 Å². The molecule has 28 heavy (non-hydrogen) atoms. The molecule has 2 aromatic carbocycles. The lowest BCUT2D eigenvalue weighted by molar-refractivity contribution is -0.385. The monoisotopic (exact) mass is 389 g/mol. The fourth-order valence-corrected chi connectivity index (χ4v) is 2.58. The van der Waals surface area contributed by atoms with Gasteiger partial charge in [-0.05, 0) is 30.7 Å². The SMILES string of the molecule is COc1cccc(OCC(=O)Oc2ccc(C3OCCCO3)cc2[N+](=O)[O-])c1. The number of carbonyl (C=O) groups excluding carboxylic acids is 1. The number of benzene rings is 2. The number of ether oxygens (including phenoxy) is 5. The van der Waals surface area contributed by atoms with Crippen LogP contribution in [0, 0.1) is 10.1 Å². The van der Waals surface area contributed by atoms with E-state index in [1.54, 1.807) is 30.3 Å². The number of nitrogens with zero attached hydrogens (tertiary/aromatic N) is 1. The minimum absolute atomic E-state index is 0.177. The van der Waals surface area contributed by atoms with Crippen LogP contribution >= 0.6 is 0 Å². The Morgan fingerprint density at radius 2 is 1.93 bits per heavy atom. The zero-order valence-corrected chi connectivity index (χ0v) is 15.2. The molecule has 1 saturated heterocycles. The molecule has 0 aliphatic carbocycles. The van der Waals surface area contributed by atoms with Crippen molar-refractivity contribution in [3.63, 3.8) is 0 Å². The molecule has 0 aromatic heterocycles. The van der Waals surface area contributed by atoms with Gasteiger partial charge in [0.05, 0.1) is 25.2 Å². The van der Waals surface area contributed by atoms with E-state index in [2.05, 4.69) is 0 Å². The van der Waals surface area contributed by atoms with E-state index in [9.17, 15) is 14.9 Å². The second kappa shape index (κ2) is 9.16. The number of esters is 1. The fraction of sp³-hybridized carbons (Fsp3) is 0.316. The standard InChI is InChI=1S/C19H19NO8/c1-24-14-4-2-5-15(11-14)27-12-18(21)28-17-7-6-13(10-16(17)20(22)23)19-25-8-3-9-26-19/h2,4-7,10-11,19H,3,8-9,12H2,1H3. The van der Waals surface area contributed by atoms with Gasteiger partial charge in [-0.25, -0.2) is 4.79 Å². The van der Waals surface area contributed by atoms with Gasteiger partial charge in [-0.1, -0.05) is 6.07 Å². The Labute approximate surface area is 160 Å². The molecule has 0 saturated carbocycles. The van der Waals surface area contributed by atoms with Gasteiger partial charge < -0.3 is 23.7 Å². The number of nitro groups is 1. The first kappa shape index (κ1) is 19.6. The molecule has 1 aliphatic heterocycles. The highest BCUT2D eigenvalue weighted by molar-refractivity contribution is 5.75. The van der Waals surface area contributed by atoms with Crippen LogP contribution in [0.4, 0.5) is 5.69 Å². The molecular formula is C19H19NO8. The van der Waals surface area contributed by atoms with Crippen molar-refractivity contribution in [2.24, 2.45) is 0 Å². The minimum Gasteiger partial charge on any atom is -0.497 e. The summed E-state index contributed by atoms with van der Waals surface area (Å²) in [6, 6.07) is 10.9. The maximum atomic E-state index is 12.1. The van der Waals surface area contributed by atoms with Crippen molar-refractivity contribution in [2.45, 2.75) is 12.7 Å². The summed E-state index contributed by atoms with van der Waals surface area (Å²) in [6.45, 7) is 0.606. The summed E-state index contributed by atoms with van der Waals surface area (Å²) in [5, 5.41) is 11.4. The lowest BCUT2D eigenvalue weighted by atomic mass is 10.1. The third kappa shape index (κ3) is 4.96. The van der Waals surface area contributed by atoms with Crippen molar-refractivity contribution < 1.29 is 33.4 Å². The van der Waals surface area contributed by atoms with E-state index >= 15 is 0 Å². The lowest BCUT2D eigenvalue weighted by Crippen LogP contribution is -2.19. The molecule has 0 atom stereocenters. The molecule has 1 heterocycles. The van der Waals surface area contributed by atoms with E-state index in [-0.39, 0.29) is 11.4 Å². The summed E-state index contributed by atoms with van der Waals surface area (Å²) < 4.78 is 26.4. The smallest absolute Gasteiger partial charge is 0.349 e. The first-order valence-electron chi connectivity index (χ1n) is 8.56. The maximum absolute atomic E-state index is 12.1. The van der Waals surface area contributed by atoms with E-state index in [1.807, 2.05) is 0 Å². The van der Waals surface area contributed by atoms with E-state index in [0.29, 0.717) is 30.3 Å². The van der Waals surface area contributed by atoms with Crippen LogP contribution < -0.4 is 14.2 Å². The predicted molar refractivity (Wildman–Crippen MR) is 96.5 cm³/mol. The average molecular weight is 389 g/mol. The first-order chi connectivity index (χ1) is 13.6. The number of hydrogen-bond donors (Lipinski definition) is 0. The van der Waals surface area contributed by atoms with Crippen LogP contribution in [0.15, 0.2) is 42.5 Å². The van der Waals surface area contributed by atoms with Crippen LogP contribution in [0.1, 0.15) is 18.3 Å². The molecule has 9 nitrogen and oxygen atoms in total. The van der Waals surface area contributed by atoms with Crippen LogP contribution in [0.3, 0.4) is 0 Å². The molecule has 0 unspecified atom stereocenters. The lowest BCUT2D eigenvalue weighted by Gasteiger charge is -2.23. The molecule has 0 N–H and O–H groups in total. The molecule has 3 rings (SSSR count). The van der Waals surface area contributed by atoms with E-state index < -0.39 is 23.8 Å².